The van der Waals surface area contributed by atoms with Crippen molar-refractivity contribution in [2.24, 2.45) is 0 Å². The highest BCUT2D eigenvalue weighted by Gasteiger charge is 2.36. The number of hydrogen-bond acceptors (Lipinski definition) is 2. The van der Waals surface area contributed by atoms with Crippen molar-refractivity contribution in [2.75, 3.05) is 5.75 Å². The van der Waals surface area contributed by atoms with Crippen LogP contribution in [0.3, 0.4) is 0 Å². The Morgan fingerprint density at radius 3 is 2.46 bits per heavy atom. The maximum atomic E-state index is 14.0. The molecule has 2 nitrogen and oxygen atoms in total. The molecule has 1 amide bonds. The first kappa shape index (κ1) is 16.8. The van der Waals surface area contributed by atoms with E-state index in [0.29, 0.717) is 0 Å². The molecule has 8 heteroatoms. The number of halogens is 5. The molecule has 1 aliphatic heterocycles. The van der Waals surface area contributed by atoms with Gasteiger partial charge in [0, 0.05) is 11.1 Å². The van der Waals surface area contributed by atoms with Crippen LogP contribution in [0.15, 0.2) is 30.3 Å². The number of carbonyl (C=O) groups excluding carboxylic acids is 1. The first-order valence-corrected chi connectivity index (χ1v) is 7.91. The van der Waals surface area contributed by atoms with Crippen molar-refractivity contribution < 1.29 is 26.7 Å². The third-order valence-electron chi connectivity index (χ3n) is 3.65. The number of benzene rings is 2. The van der Waals surface area contributed by atoms with Crippen molar-refractivity contribution in [3.63, 3.8) is 0 Å². The predicted molar refractivity (Wildman–Crippen MR) is 78.4 cm³/mol. The zero-order valence-corrected chi connectivity index (χ0v) is 12.8. The van der Waals surface area contributed by atoms with Gasteiger partial charge in [0.1, 0.15) is 17.0 Å². The van der Waals surface area contributed by atoms with Gasteiger partial charge in [-0.05, 0) is 24.3 Å². The SMILES string of the molecule is O=C1CSC(c2ccc(F)c(F)c2F)N1Cc1cc(F)ccc1F. The van der Waals surface area contributed by atoms with Crippen molar-refractivity contribution in [2.45, 2.75) is 11.9 Å². The van der Waals surface area contributed by atoms with Crippen molar-refractivity contribution in [1.29, 1.82) is 0 Å². The van der Waals surface area contributed by atoms with Gasteiger partial charge in [0.25, 0.3) is 0 Å². The molecular formula is C16H10F5NOS. The van der Waals surface area contributed by atoms with Crippen LogP contribution in [-0.2, 0) is 11.3 Å². The van der Waals surface area contributed by atoms with Crippen molar-refractivity contribution >= 4 is 17.7 Å². The van der Waals surface area contributed by atoms with Gasteiger partial charge in [-0.1, -0.05) is 6.07 Å². The summed E-state index contributed by atoms with van der Waals surface area (Å²) in [4.78, 5) is 13.1. The summed E-state index contributed by atoms with van der Waals surface area (Å²) in [5.74, 6) is -6.23. The third-order valence-corrected chi connectivity index (χ3v) is 4.89. The van der Waals surface area contributed by atoms with Crippen LogP contribution in [0.2, 0.25) is 0 Å². The highest BCUT2D eigenvalue weighted by molar-refractivity contribution is 8.00. The van der Waals surface area contributed by atoms with Crippen LogP contribution in [0, 0.1) is 29.1 Å². The molecule has 0 bridgehead atoms. The molecule has 0 saturated carbocycles. The number of thioether (sulfide) groups is 1. The predicted octanol–water partition coefficient (Wildman–Crippen LogP) is 4.16. The quantitative estimate of drug-likeness (QED) is 0.606. The summed E-state index contributed by atoms with van der Waals surface area (Å²) in [6, 6.07) is 4.60. The van der Waals surface area contributed by atoms with Crippen LogP contribution in [0.5, 0.6) is 0 Å². The molecule has 24 heavy (non-hydrogen) atoms. The minimum absolute atomic E-state index is 0.0277. The molecule has 0 spiro atoms. The molecular weight excluding hydrogens is 349 g/mol. The topological polar surface area (TPSA) is 20.3 Å². The average Bonchev–Trinajstić information content (AvgIpc) is 2.90. The number of carbonyl (C=O) groups is 1. The summed E-state index contributed by atoms with van der Waals surface area (Å²) in [5.41, 5.74) is -0.305. The lowest BCUT2D eigenvalue weighted by Gasteiger charge is -2.25. The maximum Gasteiger partial charge on any atom is 0.234 e. The van der Waals surface area contributed by atoms with Crippen LogP contribution in [0.1, 0.15) is 16.5 Å². The summed E-state index contributed by atoms with van der Waals surface area (Å²) in [7, 11) is 0. The molecule has 1 heterocycles. The smallest absolute Gasteiger partial charge is 0.234 e. The van der Waals surface area contributed by atoms with E-state index in [4.69, 9.17) is 0 Å². The normalized spacial score (nSPS) is 17.6. The highest BCUT2D eigenvalue weighted by Crippen LogP contribution is 2.41. The van der Waals surface area contributed by atoms with Gasteiger partial charge in [-0.3, -0.25) is 4.79 Å². The Hall–Kier alpha value is -2.09. The van der Waals surface area contributed by atoms with E-state index in [1.807, 2.05) is 0 Å². The monoisotopic (exact) mass is 359 g/mol. The first-order valence-electron chi connectivity index (χ1n) is 6.87. The summed E-state index contributed by atoms with van der Waals surface area (Å²) >= 11 is 1.00. The Labute approximate surface area is 138 Å². The van der Waals surface area contributed by atoms with Crippen LogP contribution < -0.4 is 0 Å². The summed E-state index contributed by atoms with van der Waals surface area (Å²) in [6.45, 7) is -0.307. The van der Waals surface area contributed by atoms with Crippen LogP contribution >= 0.6 is 11.8 Å². The zero-order valence-electron chi connectivity index (χ0n) is 12.0. The molecule has 3 rings (SSSR count). The number of amides is 1. The average molecular weight is 359 g/mol. The second-order valence-electron chi connectivity index (χ2n) is 5.19. The first-order chi connectivity index (χ1) is 11.4. The fourth-order valence-corrected chi connectivity index (χ4v) is 3.66. The molecule has 1 aliphatic rings. The van der Waals surface area contributed by atoms with Crippen molar-refractivity contribution in [3.05, 3.63) is 70.5 Å². The summed E-state index contributed by atoms with van der Waals surface area (Å²) in [5, 5.41) is -0.949. The number of rotatable bonds is 3. The zero-order chi connectivity index (χ0) is 17.4. The Morgan fingerprint density at radius 1 is 1.00 bits per heavy atom. The Morgan fingerprint density at radius 2 is 1.71 bits per heavy atom. The van der Waals surface area contributed by atoms with Gasteiger partial charge in [0.15, 0.2) is 17.5 Å². The molecule has 1 fully saturated rings. The lowest BCUT2D eigenvalue weighted by Crippen LogP contribution is -2.28. The van der Waals surface area contributed by atoms with Crippen molar-refractivity contribution in [1.82, 2.24) is 4.90 Å². The second kappa shape index (κ2) is 6.43. The van der Waals surface area contributed by atoms with E-state index in [-0.39, 0.29) is 23.4 Å². The standard InChI is InChI=1S/C16H10F5NOS/c17-9-1-3-11(18)8(5-9)6-22-13(23)7-24-16(22)10-2-4-12(19)15(21)14(10)20/h1-5,16H,6-7H2. The van der Waals surface area contributed by atoms with E-state index in [2.05, 4.69) is 0 Å². The van der Waals surface area contributed by atoms with Gasteiger partial charge in [0.05, 0.1) is 12.3 Å². The van der Waals surface area contributed by atoms with Gasteiger partial charge < -0.3 is 4.90 Å². The van der Waals surface area contributed by atoms with E-state index in [1.165, 1.54) is 0 Å². The Balaban J connectivity index is 1.96. The number of nitrogens with zero attached hydrogens (tertiary/aromatic N) is 1. The van der Waals surface area contributed by atoms with Gasteiger partial charge in [0.2, 0.25) is 5.91 Å². The molecule has 126 valence electrons. The molecule has 0 N–H and O–H groups in total. The van der Waals surface area contributed by atoms with Gasteiger partial charge >= 0.3 is 0 Å². The summed E-state index contributed by atoms with van der Waals surface area (Å²) in [6.07, 6.45) is 0. The lowest BCUT2D eigenvalue weighted by atomic mass is 10.1. The molecule has 1 atom stereocenters. The van der Waals surface area contributed by atoms with E-state index >= 15 is 0 Å². The Kier molecular flexibility index (Phi) is 4.49. The highest BCUT2D eigenvalue weighted by atomic mass is 32.2. The fourth-order valence-electron chi connectivity index (χ4n) is 2.46. The minimum atomic E-state index is -1.63. The van der Waals surface area contributed by atoms with Gasteiger partial charge in [-0.2, -0.15) is 0 Å². The van der Waals surface area contributed by atoms with Crippen LogP contribution in [-0.4, -0.2) is 16.6 Å². The molecule has 0 aromatic heterocycles. The van der Waals surface area contributed by atoms with E-state index in [1.54, 1.807) is 0 Å². The Bertz CT molecular complexity index is 813. The molecule has 1 saturated heterocycles. The van der Waals surface area contributed by atoms with Gasteiger partial charge in [-0.25, -0.2) is 22.0 Å². The molecule has 2 aromatic rings. The lowest BCUT2D eigenvalue weighted by molar-refractivity contribution is -0.128. The molecule has 0 radical (unpaired) electrons. The second-order valence-corrected chi connectivity index (χ2v) is 6.25. The third kappa shape index (κ3) is 2.98. The largest absolute Gasteiger partial charge is 0.321 e. The van der Waals surface area contributed by atoms with Crippen molar-refractivity contribution in [3.8, 4) is 0 Å². The van der Waals surface area contributed by atoms with E-state index in [0.717, 1.165) is 47.0 Å². The van der Waals surface area contributed by atoms with Gasteiger partial charge in [-0.15, -0.1) is 11.8 Å². The number of hydrogen-bond donors (Lipinski definition) is 0. The molecule has 1 unspecified atom stereocenters. The molecule has 0 aliphatic carbocycles. The van der Waals surface area contributed by atoms with Crippen LogP contribution in [0.4, 0.5) is 22.0 Å². The maximum absolute atomic E-state index is 14.0. The van der Waals surface area contributed by atoms with E-state index < -0.39 is 40.4 Å². The fraction of sp³-hybridized carbons (Fsp3) is 0.188. The summed E-state index contributed by atoms with van der Waals surface area (Å²) < 4.78 is 67.6. The van der Waals surface area contributed by atoms with E-state index in [9.17, 15) is 26.7 Å². The minimum Gasteiger partial charge on any atom is -0.321 e. The molecule has 2 aromatic carbocycles. The van der Waals surface area contributed by atoms with Crippen LogP contribution in [0.25, 0.3) is 0 Å².